The number of aryl methyl sites for hydroxylation is 2. The maximum Gasteiger partial charge on any atom is 0.193 e. The largest absolute Gasteiger partial charge is 0.297 e. The minimum Gasteiger partial charge on any atom is -0.297 e. The molecule has 0 radical (unpaired) electrons. The van der Waals surface area contributed by atoms with Crippen LogP contribution in [0.1, 0.15) is 32.9 Å². The molecule has 152 valence electrons. The molecule has 1 aliphatic heterocycles. The minimum atomic E-state index is 0.202. The van der Waals surface area contributed by atoms with Crippen molar-refractivity contribution in [1.29, 1.82) is 0 Å². The molecule has 29 heavy (non-hydrogen) atoms. The second-order valence-corrected chi connectivity index (χ2v) is 8.71. The maximum atomic E-state index is 13.0. The van der Waals surface area contributed by atoms with Gasteiger partial charge in [0, 0.05) is 61.3 Å². The van der Waals surface area contributed by atoms with E-state index in [0.717, 1.165) is 54.8 Å². The van der Waals surface area contributed by atoms with E-state index in [-0.39, 0.29) is 5.78 Å². The Hall–Kier alpha value is -2.28. The Morgan fingerprint density at radius 2 is 1.79 bits per heavy atom. The summed E-state index contributed by atoms with van der Waals surface area (Å²) in [5.74, 6) is 0.202. The van der Waals surface area contributed by atoms with Gasteiger partial charge >= 0.3 is 0 Å². The fraction of sp³-hybridized carbons (Fsp3) is 0.391. The van der Waals surface area contributed by atoms with Crippen LogP contribution in [-0.4, -0.2) is 57.9 Å². The number of ketones is 1. The predicted molar refractivity (Wildman–Crippen MR) is 118 cm³/mol. The van der Waals surface area contributed by atoms with Crippen molar-refractivity contribution in [2.45, 2.75) is 27.3 Å². The normalized spacial score (nSPS) is 15.7. The van der Waals surface area contributed by atoms with E-state index in [4.69, 9.17) is 0 Å². The molecule has 3 heterocycles. The van der Waals surface area contributed by atoms with E-state index in [1.54, 1.807) is 17.5 Å². The zero-order chi connectivity index (χ0) is 20.4. The molecule has 1 aliphatic rings. The Morgan fingerprint density at radius 3 is 2.48 bits per heavy atom. The Labute approximate surface area is 176 Å². The molecule has 3 aromatic rings. The number of Topliss-reactive ketones (excluding diaryl/α,β-unsaturated/α-hetero) is 1. The molecule has 0 atom stereocenters. The topological polar surface area (TPSA) is 41.4 Å². The highest BCUT2D eigenvalue weighted by atomic mass is 32.1. The van der Waals surface area contributed by atoms with Gasteiger partial charge in [-0.25, -0.2) is 4.98 Å². The lowest BCUT2D eigenvalue weighted by Gasteiger charge is -2.34. The third-order valence-corrected chi connectivity index (χ3v) is 6.59. The molecule has 0 bridgehead atoms. The minimum absolute atomic E-state index is 0.202. The van der Waals surface area contributed by atoms with E-state index < -0.39 is 0 Å². The highest BCUT2D eigenvalue weighted by Gasteiger charge is 2.23. The number of carbonyl (C=O) groups excluding carboxylic acids is 1. The third-order valence-electron chi connectivity index (χ3n) is 5.83. The molecule has 1 aromatic carbocycles. The van der Waals surface area contributed by atoms with Crippen LogP contribution < -0.4 is 0 Å². The highest BCUT2D eigenvalue weighted by Crippen LogP contribution is 2.23. The monoisotopic (exact) mass is 408 g/mol. The van der Waals surface area contributed by atoms with Crippen molar-refractivity contribution in [2.75, 3.05) is 32.7 Å². The molecule has 0 saturated carbocycles. The summed E-state index contributed by atoms with van der Waals surface area (Å²) in [4.78, 5) is 22.2. The molecule has 0 aliphatic carbocycles. The molecule has 5 nitrogen and oxygen atoms in total. The molecule has 6 heteroatoms. The molecule has 0 amide bonds. The number of rotatable bonds is 6. The summed E-state index contributed by atoms with van der Waals surface area (Å²) >= 11 is 1.59. The fourth-order valence-corrected chi connectivity index (χ4v) is 4.84. The standard InChI is InChI=1S/C23H28N4OS/c1-17-6-4-5-7-20(17)15-25-9-11-26(12-10-25)16-22(28)21-14-18(2)27(19(21)3)23-24-8-13-29-23/h4-8,13-14H,9-12,15-16H2,1-3H3. The molecule has 0 spiro atoms. The van der Waals surface area contributed by atoms with Crippen LogP contribution >= 0.6 is 11.3 Å². The smallest absolute Gasteiger partial charge is 0.193 e. The Bertz CT molecular complexity index is 984. The lowest BCUT2D eigenvalue weighted by Crippen LogP contribution is -2.47. The van der Waals surface area contributed by atoms with Crippen molar-refractivity contribution >= 4 is 17.1 Å². The van der Waals surface area contributed by atoms with E-state index in [9.17, 15) is 4.79 Å². The molecule has 1 fully saturated rings. The Balaban J connectivity index is 1.36. The maximum absolute atomic E-state index is 13.0. The molecule has 1 saturated heterocycles. The van der Waals surface area contributed by atoms with Gasteiger partial charge in [-0.1, -0.05) is 24.3 Å². The van der Waals surface area contributed by atoms with Gasteiger partial charge in [-0.2, -0.15) is 0 Å². The second-order valence-electron chi connectivity index (χ2n) is 7.84. The summed E-state index contributed by atoms with van der Waals surface area (Å²) in [6.07, 6.45) is 1.80. The Morgan fingerprint density at radius 1 is 1.07 bits per heavy atom. The van der Waals surface area contributed by atoms with E-state index in [0.29, 0.717) is 6.54 Å². The van der Waals surface area contributed by atoms with Gasteiger partial charge in [0.15, 0.2) is 10.9 Å². The van der Waals surface area contributed by atoms with Crippen molar-refractivity contribution in [1.82, 2.24) is 19.4 Å². The fourth-order valence-electron chi connectivity index (χ4n) is 4.09. The van der Waals surface area contributed by atoms with Crippen LogP contribution in [0.15, 0.2) is 41.9 Å². The summed E-state index contributed by atoms with van der Waals surface area (Å²) < 4.78 is 2.08. The number of thiazole rings is 1. The van der Waals surface area contributed by atoms with Crippen LogP contribution in [0.25, 0.3) is 5.13 Å². The van der Waals surface area contributed by atoms with Crippen LogP contribution in [0.5, 0.6) is 0 Å². The molecule has 4 rings (SSSR count). The first-order valence-electron chi connectivity index (χ1n) is 10.1. The van der Waals surface area contributed by atoms with E-state index >= 15 is 0 Å². The zero-order valence-electron chi connectivity index (χ0n) is 17.4. The number of piperazine rings is 1. The van der Waals surface area contributed by atoms with Gasteiger partial charge in [0.05, 0.1) is 6.54 Å². The summed E-state index contributed by atoms with van der Waals surface area (Å²) in [6, 6.07) is 10.6. The van der Waals surface area contributed by atoms with Gasteiger partial charge in [-0.05, 0) is 38.0 Å². The van der Waals surface area contributed by atoms with Gasteiger partial charge in [-0.15, -0.1) is 11.3 Å². The van der Waals surface area contributed by atoms with Crippen LogP contribution in [0.2, 0.25) is 0 Å². The van der Waals surface area contributed by atoms with Gasteiger partial charge in [0.1, 0.15) is 0 Å². The number of hydrogen-bond donors (Lipinski definition) is 0. The summed E-state index contributed by atoms with van der Waals surface area (Å²) in [5.41, 5.74) is 5.61. The number of benzene rings is 1. The van der Waals surface area contributed by atoms with Crippen LogP contribution in [0.4, 0.5) is 0 Å². The first kappa shape index (κ1) is 20.0. The average Bonchev–Trinajstić information content (AvgIpc) is 3.33. The van der Waals surface area contributed by atoms with Gasteiger partial charge < -0.3 is 0 Å². The van der Waals surface area contributed by atoms with Crippen molar-refractivity contribution < 1.29 is 4.79 Å². The quantitative estimate of drug-likeness (QED) is 0.581. The average molecular weight is 409 g/mol. The van der Waals surface area contributed by atoms with Crippen LogP contribution in [-0.2, 0) is 6.54 Å². The third kappa shape index (κ3) is 4.34. The van der Waals surface area contributed by atoms with Crippen molar-refractivity contribution in [3.8, 4) is 5.13 Å². The van der Waals surface area contributed by atoms with Crippen LogP contribution in [0, 0.1) is 20.8 Å². The van der Waals surface area contributed by atoms with E-state index in [1.165, 1.54) is 11.1 Å². The number of carbonyl (C=O) groups is 1. The number of hydrogen-bond acceptors (Lipinski definition) is 5. The predicted octanol–water partition coefficient (Wildman–Crippen LogP) is 3.86. The Kier molecular flexibility index (Phi) is 5.94. The lowest BCUT2D eigenvalue weighted by molar-refractivity contribution is 0.0843. The molecular weight excluding hydrogens is 380 g/mol. The second kappa shape index (κ2) is 8.61. The van der Waals surface area contributed by atoms with Crippen molar-refractivity contribution in [3.63, 3.8) is 0 Å². The SMILES string of the molecule is Cc1ccccc1CN1CCN(CC(=O)c2cc(C)n(-c3nccs3)c2C)CC1. The summed E-state index contributed by atoms with van der Waals surface area (Å²) in [7, 11) is 0. The van der Waals surface area contributed by atoms with Crippen LogP contribution in [0.3, 0.4) is 0 Å². The lowest BCUT2D eigenvalue weighted by atomic mass is 10.1. The molecule has 0 N–H and O–H groups in total. The number of aromatic nitrogens is 2. The van der Waals surface area contributed by atoms with Crippen molar-refractivity contribution in [3.05, 3.63) is 70.0 Å². The highest BCUT2D eigenvalue weighted by molar-refractivity contribution is 7.12. The summed E-state index contributed by atoms with van der Waals surface area (Å²) in [6.45, 7) is 11.6. The molecular formula is C23H28N4OS. The van der Waals surface area contributed by atoms with Gasteiger partial charge in [-0.3, -0.25) is 19.2 Å². The van der Waals surface area contributed by atoms with Gasteiger partial charge in [0.2, 0.25) is 0 Å². The summed E-state index contributed by atoms with van der Waals surface area (Å²) in [5, 5.41) is 2.88. The van der Waals surface area contributed by atoms with E-state index in [2.05, 4.69) is 50.5 Å². The first-order chi connectivity index (χ1) is 14.0. The number of nitrogens with zero attached hydrogens (tertiary/aromatic N) is 4. The van der Waals surface area contributed by atoms with Crippen molar-refractivity contribution in [2.24, 2.45) is 0 Å². The molecule has 0 unspecified atom stereocenters. The van der Waals surface area contributed by atoms with E-state index in [1.807, 2.05) is 25.3 Å². The first-order valence-corrected chi connectivity index (χ1v) is 11.0. The molecule has 2 aromatic heterocycles. The van der Waals surface area contributed by atoms with Gasteiger partial charge in [0.25, 0.3) is 0 Å². The zero-order valence-corrected chi connectivity index (χ0v) is 18.2.